The van der Waals surface area contributed by atoms with Crippen molar-refractivity contribution in [2.24, 2.45) is 10.2 Å². The Labute approximate surface area is 146 Å². The molecule has 2 heterocycles. The van der Waals surface area contributed by atoms with E-state index < -0.39 is 34.8 Å². The number of rotatable bonds is 8. The highest BCUT2D eigenvalue weighted by atomic mass is 32.1. The number of halogens is 3. The zero-order chi connectivity index (χ0) is 18.7. The minimum atomic E-state index is -5.02. The van der Waals surface area contributed by atoms with Gasteiger partial charge in [-0.05, 0) is 6.92 Å². The molecule has 136 valence electrons. The second kappa shape index (κ2) is 7.09. The van der Waals surface area contributed by atoms with E-state index in [2.05, 4.69) is 26.4 Å². The van der Waals surface area contributed by atoms with E-state index in [-0.39, 0.29) is 6.54 Å². The van der Waals surface area contributed by atoms with Crippen LogP contribution in [0.2, 0.25) is 0 Å². The van der Waals surface area contributed by atoms with Crippen molar-refractivity contribution >= 4 is 17.2 Å². The second-order valence-corrected chi connectivity index (χ2v) is 6.67. The van der Waals surface area contributed by atoms with Crippen LogP contribution in [0.5, 0.6) is 0 Å². The van der Waals surface area contributed by atoms with Crippen LogP contribution in [0, 0.1) is 19.3 Å². The average Bonchev–Trinajstić information content (AvgIpc) is 3.14. The van der Waals surface area contributed by atoms with Gasteiger partial charge in [0.1, 0.15) is 5.01 Å². The number of amides is 1. The lowest BCUT2D eigenvalue weighted by molar-refractivity contribution is -0.267. The molecule has 1 aromatic heterocycles. The molecule has 0 radical (unpaired) electrons. The highest BCUT2D eigenvalue weighted by molar-refractivity contribution is 7.09. The maximum atomic E-state index is 13.3. The van der Waals surface area contributed by atoms with E-state index in [0.29, 0.717) is 36.3 Å². The van der Waals surface area contributed by atoms with Crippen LogP contribution in [0.4, 0.5) is 13.2 Å². The smallest absolute Gasteiger partial charge is 0.374 e. The molecule has 0 aliphatic carbocycles. The molecule has 25 heavy (non-hydrogen) atoms. The van der Waals surface area contributed by atoms with Crippen molar-refractivity contribution in [1.82, 2.24) is 10.3 Å². The topological polar surface area (TPSA) is 86.9 Å². The second-order valence-electron chi connectivity index (χ2n) is 5.82. The number of carbonyl (C=O) groups excluding carboxylic acids is 1. The monoisotopic (exact) mass is 374 g/mol. The molecule has 2 N–H and O–H groups in total. The third-order valence-corrected chi connectivity index (χ3v) is 4.87. The molecular weight excluding hydrogens is 357 g/mol. The number of terminal acetylenes is 1. The summed E-state index contributed by atoms with van der Waals surface area (Å²) in [6, 6.07) is 0. The van der Waals surface area contributed by atoms with Crippen LogP contribution in [-0.2, 0) is 10.4 Å². The lowest BCUT2D eigenvalue weighted by Gasteiger charge is -2.28. The van der Waals surface area contributed by atoms with E-state index in [1.807, 2.05) is 0 Å². The average molecular weight is 374 g/mol. The van der Waals surface area contributed by atoms with Crippen LogP contribution in [0.3, 0.4) is 0 Å². The standard InChI is InChI=1S/C15H17F3N4O2S/c1-3-4-5-13(21-22-13)6-7-19-11(23)8-14(24,15(16,17)18)12-20-10(2)9-25-12/h1,9,24H,4-8H2,2H3,(H,19,23). The molecular formula is C15H17F3N4O2S. The van der Waals surface area contributed by atoms with Crippen molar-refractivity contribution in [3.63, 3.8) is 0 Å². The van der Waals surface area contributed by atoms with E-state index >= 15 is 0 Å². The minimum absolute atomic E-state index is 0.0846. The fraction of sp³-hybridized carbons (Fsp3) is 0.600. The van der Waals surface area contributed by atoms with Crippen LogP contribution in [0.1, 0.15) is 36.4 Å². The van der Waals surface area contributed by atoms with Crippen LogP contribution < -0.4 is 5.32 Å². The van der Waals surface area contributed by atoms with Gasteiger partial charge in [-0.15, -0.1) is 23.7 Å². The maximum absolute atomic E-state index is 13.3. The van der Waals surface area contributed by atoms with E-state index in [1.54, 1.807) is 0 Å². The number of hydrogen-bond acceptors (Lipinski definition) is 6. The third kappa shape index (κ3) is 4.55. The van der Waals surface area contributed by atoms with Gasteiger partial charge in [0.15, 0.2) is 5.66 Å². The highest BCUT2D eigenvalue weighted by Gasteiger charge is 2.58. The van der Waals surface area contributed by atoms with Gasteiger partial charge in [-0.1, -0.05) is 0 Å². The van der Waals surface area contributed by atoms with Crippen molar-refractivity contribution in [2.45, 2.75) is 50.0 Å². The summed E-state index contributed by atoms with van der Waals surface area (Å²) in [5, 5.41) is 21.0. The lowest BCUT2D eigenvalue weighted by atomic mass is 9.99. The van der Waals surface area contributed by atoms with Gasteiger partial charge in [-0.2, -0.15) is 23.4 Å². The van der Waals surface area contributed by atoms with Crippen molar-refractivity contribution in [2.75, 3.05) is 6.54 Å². The van der Waals surface area contributed by atoms with Crippen molar-refractivity contribution in [3.05, 3.63) is 16.1 Å². The summed E-state index contributed by atoms with van der Waals surface area (Å²) in [4.78, 5) is 15.6. The van der Waals surface area contributed by atoms with E-state index in [9.17, 15) is 23.1 Å². The Hall–Kier alpha value is -1.99. The first-order chi connectivity index (χ1) is 11.6. The molecule has 0 saturated carbocycles. The molecule has 10 heteroatoms. The van der Waals surface area contributed by atoms with Gasteiger partial charge in [-0.25, -0.2) is 4.98 Å². The maximum Gasteiger partial charge on any atom is 0.424 e. The molecule has 1 aromatic rings. The Morgan fingerprint density at radius 3 is 2.60 bits per heavy atom. The number of aryl methyl sites for hydroxylation is 1. The number of alkyl halides is 3. The van der Waals surface area contributed by atoms with E-state index in [1.165, 1.54) is 12.3 Å². The zero-order valence-corrected chi connectivity index (χ0v) is 14.2. The fourth-order valence-corrected chi connectivity index (χ4v) is 3.12. The summed E-state index contributed by atoms with van der Waals surface area (Å²) in [6.45, 7) is 1.59. The van der Waals surface area contributed by atoms with Gasteiger partial charge in [0.2, 0.25) is 11.5 Å². The number of thiazole rings is 1. The molecule has 1 amide bonds. The molecule has 0 bridgehead atoms. The summed E-state index contributed by atoms with van der Waals surface area (Å²) in [5.41, 5.74) is -3.60. The van der Waals surface area contributed by atoms with Crippen LogP contribution in [0.15, 0.2) is 15.6 Å². The SMILES string of the molecule is C#CCCC1(CCNC(=O)CC(O)(c2nc(C)cs2)C(F)(F)F)N=N1. The van der Waals surface area contributed by atoms with Crippen molar-refractivity contribution in [1.29, 1.82) is 0 Å². The first kappa shape index (κ1) is 19.3. The number of aromatic nitrogens is 1. The van der Waals surface area contributed by atoms with Crippen molar-refractivity contribution < 1.29 is 23.1 Å². The van der Waals surface area contributed by atoms with Gasteiger partial charge >= 0.3 is 6.18 Å². The largest absolute Gasteiger partial charge is 0.424 e. The molecule has 6 nitrogen and oxygen atoms in total. The molecule has 1 unspecified atom stereocenters. The highest BCUT2D eigenvalue weighted by Crippen LogP contribution is 2.42. The Bertz CT molecular complexity index is 704. The summed E-state index contributed by atoms with van der Waals surface area (Å²) >= 11 is 0.663. The summed E-state index contributed by atoms with van der Waals surface area (Å²) in [6.07, 6.45) is 0.334. The molecule has 1 aliphatic heterocycles. The van der Waals surface area contributed by atoms with Gasteiger partial charge < -0.3 is 10.4 Å². The summed E-state index contributed by atoms with van der Waals surface area (Å²) < 4.78 is 39.9. The van der Waals surface area contributed by atoms with Crippen molar-refractivity contribution in [3.8, 4) is 12.3 Å². The van der Waals surface area contributed by atoms with Crippen LogP contribution >= 0.6 is 11.3 Å². The van der Waals surface area contributed by atoms with Crippen LogP contribution in [0.25, 0.3) is 0 Å². The molecule has 0 fully saturated rings. The predicted molar refractivity (Wildman–Crippen MR) is 84.7 cm³/mol. The Kier molecular flexibility index (Phi) is 5.49. The molecule has 0 aromatic carbocycles. The van der Waals surface area contributed by atoms with Gasteiger partial charge in [-0.3, -0.25) is 4.79 Å². The number of aliphatic hydroxyl groups is 1. The Balaban J connectivity index is 1.93. The van der Waals surface area contributed by atoms with Crippen LogP contribution in [-0.4, -0.2) is 34.4 Å². The number of nitrogens with zero attached hydrogens (tertiary/aromatic N) is 3. The molecule has 0 spiro atoms. The number of hydrogen-bond donors (Lipinski definition) is 2. The molecule has 0 saturated heterocycles. The molecule has 1 aliphatic rings. The first-order valence-corrected chi connectivity index (χ1v) is 8.36. The van der Waals surface area contributed by atoms with Gasteiger partial charge in [0.05, 0.1) is 6.42 Å². The fourth-order valence-electron chi connectivity index (χ4n) is 2.21. The first-order valence-electron chi connectivity index (χ1n) is 7.48. The zero-order valence-electron chi connectivity index (χ0n) is 13.4. The van der Waals surface area contributed by atoms with E-state index in [0.717, 1.165) is 0 Å². The van der Waals surface area contributed by atoms with E-state index in [4.69, 9.17) is 6.42 Å². The number of nitrogens with one attached hydrogen (secondary N) is 1. The Morgan fingerprint density at radius 2 is 2.12 bits per heavy atom. The normalized spacial score (nSPS) is 17.6. The lowest BCUT2D eigenvalue weighted by Crippen LogP contribution is -2.46. The quantitative estimate of drug-likeness (QED) is 0.686. The van der Waals surface area contributed by atoms with Gasteiger partial charge in [0, 0.05) is 36.9 Å². The molecule has 1 atom stereocenters. The number of carbonyl (C=O) groups is 1. The summed E-state index contributed by atoms with van der Waals surface area (Å²) in [7, 11) is 0. The molecule has 2 rings (SSSR count). The third-order valence-electron chi connectivity index (χ3n) is 3.76. The minimum Gasteiger partial charge on any atom is -0.374 e. The summed E-state index contributed by atoms with van der Waals surface area (Å²) in [5.74, 6) is 1.53. The van der Waals surface area contributed by atoms with Gasteiger partial charge in [0.25, 0.3) is 0 Å². The predicted octanol–water partition coefficient (Wildman–Crippen LogP) is 2.67. The Morgan fingerprint density at radius 1 is 1.44 bits per heavy atom.